The summed E-state index contributed by atoms with van der Waals surface area (Å²) in [6.07, 6.45) is 1.72. The van der Waals surface area contributed by atoms with Gasteiger partial charge in [0.25, 0.3) is 0 Å². The number of benzene rings is 2. The fraction of sp³-hybridized carbons (Fsp3) is 0.0435. The van der Waals surface area contributed by atoms with Gasteiger partial charge in [-0.25, -0.2) is 4.98 Å². The maximum atomic E-state index is 11.8. The molecule has 0 saturated carbocycles. The lowest BCUT2D eigenvalue weighted by Gasteiger charge is -2.14. The van der Waals surface area contributed by atoms with E-state index in [0.29, 0.717) is 21.9 Å². The molecular weight excluding hydrogens is 398 g/mol. The predicted octanol–water partition coefficient (Wildman–Crippen LogP) is 4.97. The molecule has 0 aliphatic heterocycles. The summed E-state index contributed by atoms with van der Waals surface area (Å²) in [5, 5.41) is 18.7. The van der Waals surface area contributed by atoms with Crippen molar-refractivity contribution in [1.29, 1.82) is 5.26 Å². The van der Waals surface area contributed by atoms with Gasteiger partial charge in [-0.05, 0) is 48.4 Å². The van der Waals surface area contributed by atoms with Gasteiger partial charge in [-0.15, -0.1) is 0 Å². The van der Waals surface area contributed by atoms with Crippen molar-refractivity contribution in [2.24, 2.45) is 0 Å². The first-order valence-corrected chi connectivity index (χ1v) is 9.60. The number of rotatable bonds is 2. The number of fused-ring (bicyclic) bond motifs is 2. The van der Waals surface area contributed by atoms with Crippen molar-refractivity contribution in [2.45, 2.75) is 6.92 Å². The minimum absolute atomic E-state index is 0.223. The summed E-state index contributed by atoms with van der Waals surface area (Å²) < 4.78 is 0. The largest absolute Gasteiger partial charge is 0.307 e. The maximum Gasteiger partial charge on any atom is 0.249 e. The van der Waals surface area contributed by atoms with Crippen LogP contribution in [0.25, 0.3) is 44.3 Å². The zero-order chi connectivity index (χ0) is 20.8. The number of hydrogen-bond donors (Lipinski definition) is 2. The van der Waals surface area contributed by atoms with Gasteiger partial charge in [0, 0.05) is 28.0 Å². The van der Waals surface area contributed by atoms with Crippen LogP contribution in [0.5, 0.6) is 0 Å². The van der Waals surface area contributed by atoms with E-state index in [2.05, 4.69) is 21.3 Å². The van der Waals surface area contributed by atoms with Crippen LogP contribution >= 0.6 is 11.6 Å². The molecule has 3 aromatic heterocycles. The van der Waals surface area contributed by atoms with Crippen molar-refractivity contribution in [3.8, 4) is 28.5 Å². The van der Waals surface area contributed by atoms with Gasteiger partial charge in [-0.1, -0.05) is 23.7 Å². The van der Waals surface area contributed by atoms with Crippen molar-refractivity contribution in [3.63, 3.8) is 0 Å². The standard InChI is InChI=1S/C23H14ClN5O/c1-12-14(10-25)3-2-4-17(12)22-18(8-13-5-6-20(30)27-23(13)28-22)15-7-16-11-26-29-21(16)19(24)9-15/h2-9,11H,1H3,(H,26,29)(H,27,28,30). The van der Waals surface area contributed by atoms with Gasteiger partial charge in [0.15, 0.2) is 0 Å². The smallest absolute Gasteiger partial charge is 0.249 e. The molecular formula is C23H14ClN5O. The van der Waals surface area contributed by atoms with Crippen LogP contribution in [0.4, 0.5) is 0 Å². The van der Waals surface area contributed by atoms with Gasteiger partial charge < -0.3 is 4.98 Å². The van der Waals surface area contributed by atoms with E-state index in [1.165, 1.54) is 6.07 Å². The Morgan fingerprint density at radius 2 is 1.93 bits per heavy atom. The van der Waals surface area contributed by atoms with Crippen LogP contribution in [0.1, 0.15) is 11.1 Å². The molecule has 2 aromatic carbocycles. The number of aromatic amines is 2. The highest BCUT2D eigenvalue weighted by Crippen LogP contribution is 2.37. The third-order valence-electron chi connectivity index (χ3n) is 5.23. The number of nitriles is 1. The predicted molar refractivity (Wildman–Crippen MR) is 117 cm³/mol. The number of nitrogens with zero attached hydrogens (tertiary/aromatic N) is 3. The summed E-state index contributed by atoms with van der Waals surface area (Å²) in [6.45, 7) is 1.89. The molecule has 0 amide bonds. The molecule has 5 aromatic rings. The molecule has 2 N–H and O–H groups in total. The van der Waals surface area contributed by atoms with Crippen LogP contribution < -0.4 is 5.56 Å². The van der Waals surface area contributed by atoms with Crippen molar-refractivity contribution in [3.05, 3.63) is 81.2 Å². The second-order valence-electron chi connectivity index (χ2n) is 7.03. The molecule has 6 nitrogen and oxygen atoms in total. The first kappa shape index (κ1) is 18.1. The Bertz CT molecular complexity index is 1560. The van der Waals surface area contributed by atoms with E-state index in [1.807, 2.05) is 37.3 Å². The van der Waals surface area contributed by atoms with Gasteiger partial charge >= 0.3 is 0 Å². The number of aromatic nitrogens is 4. The summed E-state index contributed by atoms with van der Waals surface area (Å²) in [6, 6.07) is 16.8. The fourth-order valence-electron chi connectivity index (χ4n) is 3.69. The van der Waals surface area contributed by atoms with E-state index in [9.17, 15) is 10.1 Å². The Balaban J connectivity index is 1.88. The lowest BCUT2D eigenvalue weighted by Crippen LogP contribution is -2.05. The average Bonchev–Trinajstić information content (AvgIpc) is 3.22. The molecule has 0 saturated heterocycles. The lowest BCUT2D eigenvalue weighted by atomic mass is 9.93. The van der Waals surface area contributed by atoms with Gasteiger partial charge in [-0.3, -0.25) is 9.89 Å². The summed E-state index contributed by atoms with van der Waals surface area (Å²) >= 11 is 6.49. The Morgan fingerprint density at radius 1 is 1.07 bits per heavy atom. The number of hydrogen-bond acceptors (Lipinski definition) is 4. The molecule has 5 rings (SSSR count). The van der Waals surface area contributed by atoms with Gasteiger partial charge in [0.05, 0.1) is 34.1 Å². The maximum absolute atomic E-state index is 11.8. The first-order valence-electron chi connectivity index (χ1n) is 9.22. The van der Waals surface area contributed by atoms with Crippen LogP contribution in [0, 0.1) is 18.3 Å². The quantitative estimate of drug-likeness (QED) is 0.428. The normalized spacial score (nSPS) is 11.1. The van der Waals surface area contributed by atoms with E-state index in [1.54, 1.807) is 18.3 Å². The minimum atomic E-state index is -0.223. The van der Waals surface area contributed by atoms with Gasteiger partial charge in [-0.2, -0.15) is 10.4 Å². The zero-order valence-electron chi connectivity index (χ0n) is 15.8. The Kier molecular flexibility index (Phi) is 4.12. The molecule has 0 radical (unpaired) electrons. The van der Waals surface area contributed by atoms with Crippen molar-refractivity contribution in [2.75, 3.05) is 0 Å². The van der Waals surface area contributed by atoms with Crippen molar-refractivity contribution < 1.29 is 0 Å². The minimum Gasteiger partial charge on any atom is -0.307 e. The molecule has 0 bridgehead atoms. The SMILES string of the molecule is Cc1c(C#N)cccc1-c1nc2[nH]c(=O)ccc2cc1-c1cc(Cl)c2[nH]ncc2c1. The number of H-pyrrole nitrogens is 2. The molecule has 7 heteroatoms. The molecule has 0 unspecified atom stereocenters. The fourth-order valence-corrected chi connectivity index (χ4v) is 3.96. The van der Waals surface area contributed by atoms with E-state index >= 15 is 0 Å². The van der Waals surface area contributed by atoms with E-state index in [0.717, 1.165) is 38.5 Å². The molecule has 0 aliphatic carbocycles. The van der Waals surface area contributed by atoms with Crippen LogP contribution in [-0.2, 0) is 0 Å². The summed E-state index contributed by atoms with van der Waals surface area (Å²) in [7, 11) is 0. The molecule has 0 aliphatic rings. The third kappa shape index (κ3) is 2.84. The third-order valence-corrected chi connectivity index (χ3v) is 5.53. The molecule has 0 spiro atoms. The second-order valence-corrected chi connectivity index (χ2v) is 7.43. The number of pyridine rings is 2. The molecule has 144 valence electrons. The topological polar surface area (TPSA) is 98.2 Å². The average molecular weight is 412 g/mol. The summed E-state index contributed by atoms with van der Waals surface area (Å²) in [5.41, 5.74) is 5.62. The van der Waals surface area contributed by atoms with Crippen molar-refractivity contribution in [1.82, 2.24) is 20.2 Å². The molecule has 30 heavy (non-hydrogen) atoms. The van der Waals surface area contributed by atoms with Gasteiger partial charge in [0.2, 0.25) is 5.56 Å². The molecule has 0 fully saturated rings. The van der Waals surface area contributed by atoms with Crippen LogP contribution in [0.15, 0.2) is 59.5 Å². The highest BCUT2D eigenvalue weighted by Gasteiger charge is 2.17. The van der Waals surface area contributed by atoms with Crippen LogP contribution in [0.2, 0.25) is 5.02 Å². The monoisotopic (exact) mass is 411 g/mol. The Hall–Kier alpha value is -3.95. The number of halogens is 1. The lowest BCUT2D eigenvalue weighted by molar-refractivity contribution is 1.12. The van der Waals surface area contributed by atoms with E-state index in [-0.39, 0.29) is 5.56 Å². The van der Waals surface area contributed by atoms with E-state index in [4.69, 9.17) is 16.6 Å². The van der Waals surface area contributed by atoms with E-state index < -0.39 is 0 Å². The zero-order valence-corrected chi connectivity index (χ0v) is 16.6. The summed E-state index contributed by atoms with van der Waals surface area (Å²) in [5.74, 6) is 0. The Morgan fingerprint density at radius 3 is 2.77 bits per heavy atom. The highest BCUT2D eigenvalue weighted by atomic mass is 35.5. The molecule has 3 heterocycles. The summed E-state index contributed by atoms with van der Waals surface area (Å²) in [4.78, 5) is 19.4. The number of nitrogens with one attached hydrogen (secondary N) is 2. The highest BCUT2D eigenvalue weighted by molar-refractivity contribution is 6.35. The van der Waals surface area contributed by atoms with Crippen LogP contribution in [0.3, 0.4) is 0 Å². The van der Waals surface area contributed by atoms with Crippen LogP contribution in [-0.4, -0.2) is 20.2 Å². The van der Waals surface area contributed by atoms with Crippen molar-refractivity contribution >= 4 is 33.5 Å². The Labute approximate surface area is 175 Å². The van der Waals surface area contributed by atoms with Gasteiger partial charge in [0.1, 0.15) is 5.65 Å². The molecule has 0 atom stereocenters. The first-order chi connectivity index (χ1) is 14.5. The second kappa shape index (κ2) is 6.83.